The van der Waals surface area contributed by atoms with Crippen molar-refractivity contribution in [3.8, 4) is 0 Å². The van der Waals surface area contributed by atoms with Crippen LogP contribution in [0.3, 0.4) is 0 Å². The predicted molar refractivity (Wildman–Crippen MR) is 97.8 cm³/mol. The third-order valence-corrected chi connectivity index (χ3v) is 5.51. The molecule has 0 bridgehead atoms. The molecule has 0 saturated carbocycles. The fourth-order valence-electron chi connectivity index (χ4n) is 3.17. The first-order chi connectivity index (χ1) is 12.3. The Morgan fingerprint density at radius 2 is 2.24 bits per heavy atom. The van der Waals surface area contributed by atoms with E-state index in [1.165, 1.54) is 0 Å². The van der Waals surface area contributed by atoms with Gasteiger partial charge >= 0.3 is 0 Å². The molecule has 0 unspecified atom stereocenters. The third-order valence-electron chi connectivity index (χ3n) is 4.40. The molecule has 3 aromatic rings. The molecule has 4 rings (SSSR count). The average Bonchev–Trinajstić information content (AvgIpc) is 2.95. The van der Waals surface area contributed by atoms with Crippen LogP contribution in [0, 0.1) is 5.92 Å². The molecule has 1 fully saturated rings. The van der Waals surface area contributed by atoms with E-state index in [0.717, 1.165) is 27.1 Å². The first-order valence-corrected chi connectivity index (χ1v) is 9.22. The standard InChI is InChI=1S/C19H19N3O2S/c23-19(18-10-15-3-1-2-4-17(15)25-18)22-7-8-24-12-14(11-22)9-16-5-6-20-13-21-16/h1-6,10,13-14H,7-9,11-12H2/t14-/m0/s1. The molecule has 3 heterocycles. The zero-order valence-corrected chi connectivity index (χ0v) is 14.6. The Kier molecular flexibility index (Phi) is 4.72. The van der Waals surface area contributed by atoms with E-state index in [1.54, 1.807) is 23.9 Å². The molecule has 0 N–H and O–H groups in total. The molecule has 1 amide bonds. The van der Waals surface area contributed by atoms with E-state index in [9.17, 15) is 4.79 Å². The molecule has 1 aliphatic rings. The van der Waals surface area contributed by atoms with Gasteiger partial charge in [0.05, 0.1) is 18.1 Å². The van der Waals surface area contributed by atoms with Crippen molar-refractivity contribution in [1.82, 2.24) is 14.9 Å². The van der Waals surface area contributed by atoms with E-state index >= 15 is 0 Å². The van der Waals surface area contributed by atoms with Crippen LogP contribution in [0.4, 0.5) is 0 Å². The number of benzene rings is 1. The van der Waals surface area contributed by atoms with Crippen molar-refractivity contribution < 1.29 is 9.53 Å². The van der Waals surface area contributed by atoms with Crippen LogP contribution in [0.2, 0.25) is 0 Å². The van der Waals surface area contributed by atoms with Gasteiger partial charge in [-0.1, -0.05) is 18.2 Å². The maximum Gasteiger partial charge on any atom is 0.264 e. The highest BCUT2D eigenvalue weighted by Crippen LogP contribution is 2.27. The van der Waals surface area contributed by atoms with E-state index in [1.807, 2.05) is 35.2 Å². The summed E-state index contributed by atoms with van der Waals surface area (Å²) in [7, 11) is 0. The number of carbonyl (C=O) groups is 1. The summed E-state index contributed by atoms with van der Waals surface area (Å²) in [5.41, 5.74) is 0.986. The molecular weight excluding hydrogens is 334 g/mol. The molecule has 1 atom stereocenters. The second kappa shape index (κ2) is 7.29. The smallest absolute Gasteiger partial charge is 0.264 e. The minimum absolute atomic E-state index is 0.0967. The molecule has 128 valence electrons. The van der Waals surface area contributed by atoms with Crippen molar-refractivity contribution in [1.29, 1.82) is 0 Å². The summed E-state index contributed by atoms with van der Waals surface area (Å²) in [6.07, 6.45) is 4.10. The number of nitrogens with zero attached hydrogens (tertiary/aromatic N) is 3. The Balaban J connectivity index is 1.50. The zero-order chi connectivity index (χ0) is 17.1. The summed E-state index contributed by atoms with van der Waals surface area (Å²) in [5, 5.41) is 1.12. The first-order valence-electron chi connectivity index (χ1n) is 8.40. The van der Waals surface area contributed by atoms with E-state index in [4.69, 9.17) is 4.74 Å². The van der Waals surface area contributed by atoms with Gasteiger partial charge in [-0.05, 0) is 30.0 Å². The van der Waals surface area contributed by atoms with Crippen LogP contribution < -0.4 is 0 Å². The van der Waals surface area contributed by atoms with E-state index in [0.29, 0.717) is 26.3 Å². The van der Waals surface area contributed by atoms with Crippen LogP contribution in [-0.4, -0.2) is 47.1 Å². The molecule has 0 radical (unpaired) electrons. The van der Waals surface area contributed by atoms with Crippen molar-refractivity contribution in [2.24, 2.45) is 5.92 Å². The molecule has 0 spiro atoms. The summed E-state index contributed by atoms with van der Waals surface area (Å²) < 4.78 is 6.87. The number of fused-ring (bicyclic) bond motifs is 1. The maximum atomic E-state index is 13.0. The highest BCUT2D eigenvalue weighted by Gasteiger charge is 2.25. The molecule has 0 aliphatic carbocycles. The lowest BCUT2D eigenvalue weighted by Crippen LogP contribution is -2.36. The number of hydrogen-bond acceptors (Lipinski definition) is 5. The number of ether oxygens (including phenoxy) is 1. The van der Waals surface area contributed by atoms with Crippen molar-refractivity contribution >= 4 is 27.3 Å². The number of amides is 1. The van der Waals surface area contributed by atoms with Crippen molar-refractivity contribution in [2.45, 2.75) is 6.42 Å². The van der Waals surface area contributed by atoms with Crippen molar-refractivity contribution in [2.75, 3.05) is 26.3 Å². The zero-order valence-electron chi connectivity index (χ0n) is 13.8. The minimum Gasteiger partial charge on any atom is -0.379 e. The van der Waals surface area contributed by atoms with Gasteiger partial charge in [-0.25, -0.2) is 9.97 Å². The molecule has 1 aromatic carbocycles. The Morgan fingerprint density at radius 1 is 1.32 bits per heavy atom. The van der Waals surface area contributed by atoms with Crippen molar-refractivity contribution in [3.05, 3.63) is 59.5 Å². The third kappa shape index (κ3) is 3.70. The highest BCUT2D eigenvalue weighted by molar-refractivity contribution is 7.20. The molecule has 2 aromatic heterocycles. The van der Waals surface area contributed by atoms with Gasteiger partial charge in [-0.15, -0.1) is 11.3 Å². The number of aromatic nitrogens is 2. The van der Waals surface area contributed by atoms with Crippen LogP contribution in [0.15, 0.2) is 48.9 Å². The van der Waals surface area contributed by atoms with Gasteiger partial charge in [0.15, 0.2) is 0 Å². The van der Waals surface area contributed by atoms with E-state index < -0.39 is 0 Å². The fourth-order valence-corrected chi connectivity index (χ4v) is 4.20. The second-order valence-electron chi connectivity index (χ2n) is 6.25. The van der Waals surface area contributed by atoms with E-state index in [-0.39, 0.29) is 11.8 Å². The van der Waals surface area contributed by atoms with Crippen LogP contribution in [0.25, 0.3) is 10.1 Å². The monoisotopic (exact) mass is 353 g/mol. The predicted octanol–water partition coefficient (Wildman–Crippen LogP) is 3.02. The maximum absolute atomic E-state index is 13.0. The lowest BCUT2D eigenvalue weighted by Gasteiger charge is -2.23. The van der Waals surface area contributed by atoms with Gasteiger partial charge in [0.1, 0.15) is 6.33 Å². The number of hydrogen-bond donors (Lipinski definition) is 0. The normalized spacial score (nSPS) is 18.2. The Labute approximate surface area is 150 Å². The van der Waals surface area contributed by atoms with Crippen molar-refractivity contribution in [3.63, 3.8) is 0 Å². The number of rotatable bonds is 3. The molecule has 1 aliphatic heterocycles. The SMILES string of the molecule is O=C(c1cc2ccccc2s1)N1CCOC[C@@H](Cc2ccncn2)C1. The summed E-state index contributed by atoms with van der Waals surface area (Å²) in [6, 6.07) is 12.0. The van der Waals surface area contributed by atoms with Crippen LogP contribution >= 0.6 is 11.3 Å². The van der Waals surface area contributed by atoms with Gasteiger partial charge in [0.2, 0.25) is 0 Å². The summed E-state index contributed by atoms with van der Waals surface area (Å²) in [6.45, 7) is 2.56. The summed E-state index contributed by atoms with van der Waals surface area (Å²) in [5.74, 6) is 0.343. The molecule has 5 nitrogen and oxygen atoms in total. The summed E-state index contributed by atoms with van der Waals surface area (Å²) in [4.78, 5) is 23.9. The number of carbonyl (C=O) groups excluding carboxylic acids is 1. The van der Waals surface area contributed by atoms with Gasteiger partial charge in [-0.3, -0.25) is 4.79 Å². The van der Waals surface area contributed by atoms with Gasteiger partial charge < -0.3 is 9.64 Å². The summed E-state index contributed by atoms with van der Waals surface area (Å²) >= 11 is 1.56. The lowest BCUT2D eigenvalue weighted by molar-refractivity contribution is 0.0742. The Bertz CT molecular complexity index is 832. The Hall–Kier alpha value is -2.31. The van der Waals surface area contributed by atoms with Gasteiger partial charge in [0, 0.05) is 35.6 Å². The molecule has 1 saturated heterocycles. The van der Waals surface area contributed by atoms with Gasteiger partial charge in [-0.2, -0.15) is 0 Å². The first kappa shape index (κ1) is 16.2. The molecule has 6 heteroatoms. The van der Waals surface area contributed by atoms with Crippen LogP contribution in [0.1, 0.15) is 15.4 Å². The second-order valence-corrected chi connectivity index (χ2v) is 7.33. The van der Waals surface area contributed by atoms with Gasteiger partial charge in [0.25, 0.3) is 5.91 Å². The quantitative estimate of drug-likeness (QED) is 0.726. The molecule has 25 heavy (non-hydrogen) atoms. The molecular formula is C19H19N3O2S. The van der Waals surface area contributed by atoms with Crippen LogP contribution in [-0.2, 0) is 11.2 Å². The minimum atomic E-state index is 0.0967. The Morgan fingerprint density at radius 3 is 3.08 bits per heavy atom. The van der Waals surface area contributed by atoms with E-state index in [2.05, 4.69) is 16.0 Å². The lowest BCUT2D eigenvalue weighted by atomic mass is 10.0. The fraction of sp³-hybridized carbons (Fsp3) is 0.316. The topological polar surface area (TPSA) is 55.3 Å². The average molecular weight is 353 g/mol. The number of thiophene rings is 1. The van der Waals surface area contributed by atoms with Crippen LogP contribution in [0.5, 0.6) is 0 Å². The highest BCUT2D eigenvalue weighted by atomic mass is 32.1. The largest absolute Gasteiger partial charge is 0.379 e.